The summed E-state index contributed by atoms with van der Waals surface area (Å²) in [5.41, 5.74) is 0.813. The molecule has 0 unspecified atom stereocenters. The Morgan fingerprint density at radius 1 is 1.25 bits per heavy atom. The van der Waals surface area contributed by atoms with E-state index in [4.69, 9.17) is 9.84 Å². The zero-order valence-electron chi connectivity index (χ0n) is 11.8. The molecule has 1 aromatic carbocycles. The van der Waals surface area contributed by atoms with Gasteiger partial charge in [0.15, 0.2) is 17.3 Å². The third kappa shape index (κ3) is 5.89. The topological polar surface area (TPSA) is 66.8 Å². The van der Waals surface area contributed by atoms with Gasteiger partial charge in [0.05, 0.1) is 7.11 Å². The minimum absolute atomic E-state index is 0.0832. The third-order valence-corrected chi connectivity index (χ3v) is 3.00. The number of unbranched alkanes of at least 4 members (excludes halogenated alkanes) is 3. The van der Waals surface area contributed by atoms with Crippen LogP contribution >= 0.6 is 0 Å². The van der Waals surface area contributed by atoms with Gasteiger partial charge in [-0.3, -0.25) is 4.79 Å². The molecule has 2 N–H and O–H groups in total. The van der Waals surface area contributed by atoms with Crippen LogP contribution in [0.4, 0.5) is 0 Å². The number of allylic oxidation sites excluding steroid dienone is 1. The van der Waals surface area contributed by atoms with Crippen LogP contribution in [0, 0.1) is 0 Å². The zero-order chi connectivity index (χ0) is 14.8. The molecule has 0 aromatic heterocycles. The van der Waals surface area contributed by atoms with E-state index in [1.807, 2.05) is 0 Å². The number of aromatic hydroxyl groups is 1. The smallest absolute Gasteiger partial charge is 0.161 e. The number of aliphatic hydroxyl groups is 1. The molecule has 0 aliphatic carbocycles. The van der Waals surface area contributed by atoms with Gasteiger partial charge in [-0.15, -0.1) is 0 Å². The minimum Gasteiger partial charge on any atom is -0.504 e. The minimum atomic E-state index is 0.0832. The first kappa shape index (κ1) is 16.2. The summed E-state index contributed by atoms with van der Waals surface area (Å²) in [6, 6.07) is 4.95. The number of carbonyl (C=O) groups excluding carboxylic acids is 1. The number of hydrogen-bond donors (Lipinski definition) is 2. The molecule has 0 bridgehead atoms. The molecule has 0 saturated carbocycles. The van der Waals surface area contributed by atoms with Gasteiger partial charge >= 0.3 is 0 Å². The molecule has 0 atom stereocenters. The summed E-state index contributed by atoms with van der Waals surface area (Å²) in [7, 11) is 1.49. The lowest BCUT2D eigenvalue weighted by Gasteiger charge is -2.03. The van der Waals surface area contributed by atoms with Gasteiger partial charge < -0.3 is 14.9 Å². The average Bonchev–Trinajstić information content (AvgIpc) is 2.46. The number of phenolic OH excluding ortho intramolecular Hbond substituents is 1. The van der Waals surface area contributed by atoms with Crippen LogP contribution in [0.1, 0.15) is 37.7 Å². The van der Waals surface area contributed by atoms with Gasteiger partial charge in [0.1, 0.15) is 0 Å². The van der Waals surface area contributed by atoms with Crippen molar-refractivity contribution in [3.05, 3.63) is 29.8 Å². The Kier molecular flexibility index (Phi) is 7.43. The van der Waals surface area contributed by atoms with E-state index >= 15 is 0 Å². The maximum atomic E-state index is 11.7. The van der Waals surface area contributed by atoms with Crippen LogP contribution in [0.5, 0.6) is 11.5 Å². The molecule has 0 aliphatic heterocycles. The summed E-state index contributed by atoms with van der Waals surface area (Å²) in [5, 5.41) is 18.1. The number of methoxy groups -OCH3 is 1. The number of benzene rings is 1. The SMILES string of the molecule is COc1cc(C=CC(=O)CCCCCCO)ccc1O. The molecule has 0 spiro atoms. The van der Waals surface area contributed by atoms with E-state index < -0.39 is 0 Å². The first-order chi connectivity index (χ1) is 9.67. The molecule has 0 radical (unpaired) electrons. The van der Waals surface area contributed by atoms with Crippen molar-refractivity contribution in [1.29, 1.82) is 0 Å². The predicted molar refractivity (Wildman–Crippen MR) is 78.9 cm³/mol. The quantitative estimate of drug-likeness (QED) is 0.538. The molecule has 0 saturated heterocycles. The van der Waals surface area contributed by atoms with Gasteiger partial charge in [0, 0.05) is 13.0 Å². The molecule has 4 heteroatoms. The Hall–Kier alpha value is -1.81. The normalized spacial score (nSPS) is 10.9. The summed E-state index contributed by atoms with van der Waals surface area (Å²) >= 11 is 0. The number of carbonyl (C=O) groups is 1. The van der Waals surface area contributed by atoms with Crippen molar-refractivity contribution in [2.24, 2.45) is 0 Å². The Labute approximate surface area is 119 Å². The van der Waals surface area contributed by atoms with E-state index in [-0.39, 0.29) is 18.1 Å². The van der Waals surface area contributed by atoms with E-state index in [9.17, 15) is 9.90 Å². The Balaban J connectivity index is 2.41. The highest BCUT2D eigenvalue weighted by molar-refractivity contribution is 5.93. The number of ketones is 1. The first-order valence-electron chi connectivity index (χ1n) is 6.86. The largest absolute Gasteiger partial charge is 0.504 e. The van der Waals surface area contributed by atoms with Gasteiger partial charge in [-0.25, -0.2) is 0 Å². The van der Waals surface area contributed by atoms with Crippen molar-refractivity contribution in [3.63, 3.8) is 0 Å². The molecule has 0 fully saturated rings. The van der Waals surface area contributed by atoms with Gasteiger partial charge in [0.25, 0.3) is 0 Å². The highest BCUT2D eigenvalue weighted by Crippen LogP contribution is 2.26. The molecular weight excluding hydrogens is 256 g/mol. The number of aliphatic hydroxyl groups excluding tert-OH is 1. The van der Waals surface area contributed by atoms with Crippen molar-refractivity contribution < 1.29 is 19.7 Å². The number of rotatable bonds is 9. The fraction of sp³-hybridized carbons (Fsp3) is 0.438. The first-order valence-corrected chi connectivity index (χ1v) is 6.86. The number of ether oxygens (including phenoxy) is 1. The molecule has 20 heavy (non-hydrogen) atoms. The summed E-state index contributed by atoms with van der Waals surface area (Å²) in [6.07, 6.45) is 7.38. The van der Waals surface area contributed by atoms with Crippen LogP contribution in [0.15, 0.2) is 24.3 Å². The summed E-state index contributed by atoms with van der Waals surface area (Å²) < 4.78 is 5.01. The predicted octanol–water partition coefficient (Wildman–Crippen LogP) is 2.93. The molecule has 0 aliphatic rings. The van der Waals surface area contributed by atoms with Gasteiger partial charge in [0.2, 0.25) is 0 Å². The van der Waals surface area contributed by atoms with E-state index in [1.54, 1.807) is 24.3 Å². The fourth-order valence-corrected chi connectivity index (χ4v) is 1.83. The van der Waals surface area contributed by atoms with Crippen LogP contribution in [-0.2, 0) is 4.79 Å². The van der Waals surface area contributed by atoms with Crippen molar-refractivity contribution in [2.75, 3.05) is 13.7 Å². The molecule has 110 valence electrons. The molecule has 1 rings (SSSR count). The monoisotopic (exact) mass is 278 g/mol. The standard InChI is InChI=1S/C16H22O4/c1-20-16-12-13(8-10-15(16)19)7-9-14(18)6-4-2-3-5-11-17/h7-10,12,17,19H,2-6,11H2,1H3. The average molecular weight is 278 g/mol. The molecule has 1 aromatic rings. The molecule has 0 amide bonds. The van der Waals surface area contributed by atoms with Crippen LogP contribution in [0.3, 0.4) is 0 Å². The molecule has 4 nitrogen and oxygen atoms in total. The summed E-state index contributed by atoms with van der Waals surface area (Å²) in [6.45, 7) is 0.219. The fourth-order valence-electron chi connectivity index (χ4n) is 1.83. The Morgan fingerprint density at radius 3 is 2.70 bits per heavy atom. The highest BCUT2D eigenvalue weighted by Gasteiger charge is 2.01. The van der Waals surface area contributed by atoms with E-state index in [0.717, 1.165) is 31.2 Å². The lowest BCUT2D eigenvalue weighted by Crippen LogP contribution is -1.93. The van der Waals surface area contributed by atoms with Crippen LogP contribution in [-0.4, -0.2) is 29.7 Å². The van der Waals surface area contributed by atoms with Gasteiger partial charge in [-0.05, 0) is 36.6 Å². The maximum absolute atomic E-state index is 11.7. The molecule has 0 heterocycles. The Bertz CT molecular complexity index is 452. The number of phenols is 1. The van der Waals surface area contributed by atoms with Crippen LogP contribution < -0.4 is 4.74 Å². The second-order valence-corrected chi connectivity index (χ2v) is 4.62. The summed E-state index contributed by atoms with van der Waals surface area (Å²) in [5.74, 6) is 0.560. The van der Waals surface area contributed by atoms with Gasteiger partial charge in [-0.1, -0.05) is 25.0 Å². The second-order valence-electron chi connectivity index (χ2n) is 4.62. The lowest BCUT2D eigenvalue weighted by molar-refractivity contribution is -0.114. The van der Waals surface area contributed by atoms with Gasteiger partial charge in [-0.2, -0.15) is 0 Å². The third-order valence-electron chi connectivity index (χ3n) is 3.00. The van der Waals surface area contributed by atoms with E-state index in [1.165, 1.54) is 13.2 Å². The molecular formula is C16H22O4. The van der Waals surface area contributed by atoms with Crippen LogP contribution in [0.2, 0.25) is 0 Å². The van der Waals surface area contributed by atoms with E-state index in [0.29, 0.717) is 12.2 Å². The van der Waals surface area contributed by atoms with Crippen molar-refractivity contribution >= 4 is 11.9 Å². The number of hydrogen-bond acceptors (Lipinski definition) is 4. The highest BCUT2D eigenvalue weighted by atomic mass is 16.5. The maximum Gasteiger partial charge on any atom is 0.161 e. The van der Waals surface area contributed by atoms with Crippen molar-refractivity contribution in [2.45, 2.75) is 32.1 Å². The zero-order valence-corrected chi connectivity index (χ0v) is 11.8. The van der Waals surface area contributed by atoms with Crippen molar-refractivity contribution in [1.82, 2.24) is 0 Å². The van der Waals surface area contributed by atoms with Crippen LogP contribution in [0.25, 0.3) is 6.08 Å². The second kappa shape index (κ2) is 9.15. The Morgan fingerprint density at radius 2 is 2.00 bits per heavy atom. The van der Waals surface area contributed by atoms with E-state index in [2.05, 4.69) is 0 Å². The van der Waals surface area contributed by atoms with Crippen molar-refractivity contribution in [3.8, 4) is 11.5 Å². The summed E-state index contributed by atoms with van der Waals surface area (Å²) in [4.78, 5) is 11.7. The lowest BCUT2D eigenvalue weighted by atomic mass is 10.1.